The van der Waals surface area contributed by atoms with Crippen LogP contribution in [0.4, 0.5) is 0 Å². The van der Waals surface area contributed by atoms with Gasteiger partial charge in [0.2, 0.25) is 0 Å². The van der Waals surface area contributed by atoms with E-state index in [4.69, 9.17) is 0 Å². The molecular weight excluding hydrogens is 400 g/mol. The van der Waals surface area contributed by atoms with Crippen LogP contribution in [0, 0.1) is 13.8 Å². The first-order valence-corrected chi connectivity index (χ1v) is 12.3. The molecule has 0 spiro atoms. The van der Waals surface area contributed by atoms with E-state index < -0.39 is 26.1 Å². The summed E-state index contributed by atoms with van der Waals surface area (Å²) in [5.74, 6) is 0. The van der Waals surface area contributed by atoms with Crippen LogP contribution < -0.4 is 0 Å². The van der Waals surface area contributed by atoms with Crippen LogP contribution in [0.3, 0.4) is 0 Å². The Morgan fingerprint density at radius 2 is 1.40 bits per heavy atom. The lowest BCUT2D eigenvalue weighted by atomic mass is 10.3. The van der Waals surface area contributed by atoms with Gasteiger partial charge in [0, 0.05) is 35.4 Å². The molecule has 25 heavy (non-hydrogen) atoms. The van der Waals surface area contributed by atoms with Crippen LogP contribution in [-0.4, -0.2) is 51.1 Å². The monoisotopic (exact) mass is 420 g/mol. The lowest BCUT2D eigenvalue weighted by molar-refractivity contribution is 0.213. The first-order valence-electron chi connectivity index (χ1n) is 7.77. The Labute approximate surface area is 156 Å². The highest BCUT2D eigenvalue weighted by Gasteiger charge is 2.38. The lowest BCUT2D eigenvalue weighted by Crippen LogP contribution is -2.55. The average Bonchev–Trinajstić information content (AvgIpc) is 3.16. The Kier molecular flexibility index (Phi) is 5.13. The first kappa shape index (κ1) is 19.0. The van der Waals surface area contributed by atoms with E-state index in [0.29, 0.717) is 8.42 Å². The quantitative estimate of drug-likeness (QED) is 0.762. The van der Waals surface area contributed by atoms with Crippen LogP contribution in [0.15, 0.2) is 32.7 Å². The zero-order valence-electron chi connectivity index (χ0n) is 14.2. The van der Waals surface area contributed by atoms with Gasteiger partial charge in [0.05, 0.1) is 0 Å². The molecule has 0 aliphatic carbocycles. The molecule has 0 bridgehead atoms. The van der Waals surface area contributed by atoms with E-state index in [1.165, 1.54) is 31.3 Å². The van der Waals surface area contributed by atoms with E-state index in [1.54, 1.807) is 31.2 Å². The lowest BCUT2D eigenvalue weighted by Gasteiger charge is -2.37. The van der Waals surface area contributed by atoms with Crippen LogP contribution in [0.1, 0.15) is 16.7 Å². The minimum absolute atomic E-state index is 0.156. The molecule has 1 aliphatic rings. The van der Waals surface area contributed by atoms with Crippen molar-refractivity contribution in [1.82, 2.24) is 8.61 Å². The summed E-state index contributed by atoms with van der Waals surface area (Å²) in [6.45, 7) is 5.94. The van der Waals surface area contributed by atoms with E-state index in [1.807, 2.05) is 13.8 Å². The van der Waals surface area contributed by atoms with Gasteiger partial charge >= 0.3 is 0 Å². The number of rotatable bonds is 4. The normalized spacial score (nSPS) is 20.8. The van der Waals surface area contributed by atoms with E-state index in [2.05, 4.69) is 0 Å². The number of aryl methyl sites for hydroxylation is 2. The van der Waals surface area contributed by atoms with Crippen molar-refractivity contribution in [1.29, 1.82) is 0 Å². The van der Waals surface area contributed by atoms with E-state index in [9.17, 15) is 16.8 Å². The molecule has 0 N–H and O–H groups in total. The molecule has 10 heteroatoms. The fourth-order valence-corrected chi connectivity index (χ4v) is 8.80. The number of hydrogen-bond donors (Lipinski definition) is 0. The van der Waals surface area contributed by atoms with Crippen molar-refractivity contribution in [3.8, 4) is 0 Å². The summed E-state index contributed by atoms with van der Waals surface area (Å²) in [5, 5.41) is 0. The van der Waals surface area contributed by atoms with Crippen molar-refractivity contribution in [2.45, 2.75) is 35.2 Å². The fraction of sp³-hybridized carbons (Fsp3) is 0.467. The molecule has 0 aromatic carbocycles. The molecule has 1 saturated heterocycles. The molecule has 0 radical (unpaired) electrons. The third kappa shape index (κ3) is 3.56. The maximum atomic E-state index is 12.8. The standard InChI is InChI=1S/C15H20N2O4S4/c1-11-10-16(24(18,19)14-6-4-12(2)22-14)8-9-17(11)25(20,21)15-7-5-13(3)23-15/h4-7,11H,8-10H2,1-3H3. The predicted molar refractivity (Wildman–Crippen MR) is 100 cm³/mol. The summed E-state index contributed by atoms with van der Waals surface area (Å²) < 4.78 is 54.5. The van der Waals surface area contributed by atoms with E-state index in [-0.39, 0.29) is 19.6 Å². The van der Waals surface area contributed by atoms with Gasteiger partial charge in [0.1, 0.15) is 8.42 Å². The maximum absolute atomic E-state index is 12.8. The van der Waals surface area contributed by atoms with Crippen LogP contribution in [-0.2, 0) is 20.0 Å². The van der Waals surface area contributed by atoms with Gasteiger partial charge in [-0.25, -0.2) is 16.8 Å². The summed E-state index contributed by atoms with van der Waals surface area (Å²) in [6, 6.07) is 6.36. The molecule has 3 rings (SSSR count). The Morgan fingerprint density at radius 1 is 0.880 bits per heavy atom. The number of piperazine rings is 1. The third-order valence-corrected chi connectivity index (χ3v) is 10.9. The molecule has 6 nitrogen and oxygen atoms in total. The predicted octanol–water partition coefficient (Wildman–Crippen LogP) is 2.51. The molecule has 138 valence electrons. The summed E-state index contributed by atoms with van der Waals surface area (Å²) >= 11 is 2.47. The van der Waals surface area contributed by atoms with Gasteiger partial charge in [-0.05, 0) is 45.0 Å². The topological polar surface area (TPSA) is 74.8 Å². The second-order valence-corrected chi connectivity index (χ2v) is 12.9. The summed E-state index contributed by atoms with van der Waals surface area (Å²) in [7, 11) is -7.16. The van der Waals surface area contributed by atoms with Gasteiger partial charge in [-0.15, -0.1) is 22.7 Å². The van der Waals surface area contributed by atoms with Crippen molar-refractivity contribution >= 4 is 42.7 Å². The van der Waals surface area contributed by atoms with Crippen molar-refractivity contribution in [2.75, 3.05) is 19.6 Å². The van der Waals surface area contributed by atoms with Crippen LogP contribution in [0.2, 0.25) is 0 Å². The van der Waals surface area contributed by atoms with Gasteiger partial charge in [0.25, 0.3) is 20.0 Å². The molecule has 2 aromatic rings. The van der Waals surface area contributed by atoms with E-state index in [0.717, 1.165) is 9.75 Å². The van der Waals surface area contributed by atoms with Crippen LogP contribution in [0.5, 0.6) is 0 Å². The molecular formula is C15H20N2O4S4. The molecule has 1 aliphatic heterocycles. The second kappa shape index (κ2) is 6.75. The molecule has 1 fully saturated rings. The van der Waals surface area contributed by atoms with E-state index >= 15 is 0 Å². The van der Waals surface area contributed by atoms with Crippen molar-refractivity contribution < 1.29 is 16.8 Å². The minimum atomic E-state index is -3.59. The highest BCUT2D eigenvalue weighted by atomic mass is 32.3. The average molecular weight is 421 g/mol. The molecule has 2 aromatic heterocycles. The summed E-state index contributed by atoms with van der Waals surface area (Å²) in [5.41, 5.74) is 0. The van der Waals surface area contributed by atoms with Crippen molar-refractivity contribution in [3.63, 3.8) is 0 Å². The highest BCUT2D eigenvalue weighted by molar-refractivity contribution is 7.91. The molecule has 0 amide bonds. The minimum Gasteiger partial charge on any atom is -0.206 e. The number of sulfonamides is 2. The summed E-state index contributed by atoms with van der Waals surface area (Å²) in [4.78, 5) is 1.86. The number of nitrogens with zero attached hydrogens (tertiary/aromatic N) is 2. The molecule has 3 heterocycles. The highest BCUT2D eigenvalue weighted by Crippen LogP contribution is 2.30. The first-order chi connectivity index (χ1) is 11.6. The Bertz CT molecular complexity index is 975. The largest absolute Gasteiger partial charge is 0.252 e. The van der Waals surface area contributed by atoms with Gasteiger partial charge in [-0.1, -0.05) is 0 Å². The SMILES string of the molecule is Cc1ccc(S(=O)(=O)N2CCN(S(=O)(=O)c3ccc(C)s3)C(C)C2)s1. The number of thiophene rings is 2. The molecule has 0 saturated carbocycles. The Hall–Kier alpha value is -0.780. The zero-order valence-corrected chi connectivity index (χ0v) is 17.4. The zero-order chi connectivity index (χ0) is 18.4. The van der Waals surface area contributed by atoms with Gasteiger partial charge in [-0.3, -0.25) is 0 Å². The number of hydrogen-bond acceptors (Lipinski definition) is 6. The van der Waals surface area contributed by atoms with Crippen molar-refractivity contribution in [2.24, 2.45) is 0 Å². The van der Waals surface area contributed by atoms with Crippen molar-refractivity contribution in [3.05, 3.63) is 34.0 Å². The van der Waals surface area contributed by atoms with Gasteiger partial charge < -0.3 is 0 Å². The third-order valence-electron chi connectivity index (χ3n) is 4.12. The summed E-state index contributed by atoms with van der Waals surface area (Å²) in [6.07, 6.45) is 0. The Balaban J connectivity index is 1.81. The van der Waals surface area contributed by atoms with Crippen LogP contribution in [0.25, 0.3) is 0 Å². The Morgan fingerprint density at radius 3 is 1.84 bits per heavy atom. The van der Waals surface area contributed by atoms with Gasteiger partial charge in [0.15, 0.2) is 0 Å². The molecule has 1 atom stereocenters. The second-order valence-electron chi connectivity index (χ2n) is 6.06. The van der Waals surface area contributed by atoms with Gasteiger partial charge in [-0.2, -0.15) is 8.61 Å². The smallest absolute Gasteiger partial charge is 0.206 e. The van der Waals surface area contributed by atoms with Crippen LogP contribution >= 0.6 is 22.7 Å². The maximum Gasteiger partial charge on any atom is 0.252 e. The fourth-order valence-electron chi connectivity index (χ4n) is 2.83. The molecule has 1 unspecified atom stereocenters.